The Morgan fingerprint density at radius 2 is 2.07 bits per heavy atom. The Hall–Kier alpha value is -2.38. The lowest BCUT2D eigenvalue weighted by atomic mass is 9.69. The lowest BCUT2D eigenvalue weighted by molar-refractivity contribution is -0.148. The minimum Gasteiger partial charge on any atom is -0.480 e. The topological polar surface area (TPSA) is 123 Å². The number of nitrogens with zero attached hydrogens (tertiary/aromatic N) is 1. The van der Waals surface area contributed by atoms with E-state index in [2.05, 4.69) is 5.32 Å². The maximum absolute atomic E-state index is 12.5. The van der Waals surface area contributed by atoms with Gasteiger partial charge < -0.3 is 26.5 Å². The number of amides is 1. The van der Waals surface area contributed by atoms with Crippen molar-refractivity contribution in [2.24, 2.45) is 30.4 Å². The average molecular weight is 386 g/mol. The smallest absolute Gasteiger partial charge is 0.324 e. The molecule has 0 spiro atoms. The molecule has 152 valence electrons. The highest BCUT2D eigenvalue weighted by molar-refractivity contribution is 5.86. The number of fused-ring (bicyclic) bond motifs is 1. The number of hydrogen-bond acceptors (Lipinski definition) is 4. The van der Waals surface area contributed by atoms with Gasteiger partial charge in [-0.25, -0.2) is 0 Å². The van der Waals surface area contributed by atoms with Gasteiger partial charge in [-0.3, -0.25) is 9.59 Å². The maximum Gasteiger partial charge on any atom is 0.324 e. The highest BCUT2D eigenvalue weighted by Crippen LogP contribution is 2.35. The molecule has 1 aromatic heterocycles. The molecule has 1 heterocycles. The second-order valence-corrected chi connectivity index (χ2v) is 8.27. The average Bonchev–Trinajstić information content (AvgIpc) is 2.96. The van der Waals surface area contributed by atoms with E-state index >= 15 is 0 Å². The minimum atomic E-state index is -1.30. The molecular formula is C21H30N4O3. The monoisotopic (exact) mass is 386 g/mol. The highest BCUT2D eigenvalue weighted by Gasteiger charge is 2.46. The third-order valence-electron chi connectivity index (χ3n) is 6.10. The summed E-state index contributed by atoms with van der Waals surface area (Å²) in [5.74, 6) is -1.31. The molecule has 6 N–H and O–H groups in total. The van der Waals surface area contributed by atoms with E-state index in [4.69, 9.17) is 11.5 Å². The van der Waals surface area contributed by atoms with E-state index in [9.17, 15) is 14.7 Å². The fourth-order valence-corrected chi connectivity index (χ4v) is 4.41. The number of carboxylic acid groups (broad SMARTS) is 1. The van der Waals surface area contributed by atoms with Crippen LogP contribution in [0, 0.1) is 11.8 Å². The van der Waals surface area contributed by atoms with E-state index in [0.717, 1.165) is 22.9 Å². The highest BCUT2D eigenvalue weighted by atomic mass is 16.4. The molecule has 0 saturated heterocycles. The summed E-state index contributed by atoms with van der Waals surface area (Å²) < 4.78 is 2.02. The van der Waals surface area contributed by atoms with Crippen molar-refractivity contribution in [2.45, 2.75) is 44.2 Å². The number of aryl methyl sites for hydroxylation is 1. The van der Waals surface area contributed by atoms with Crippen LogP contribution in [0.1, 0.15) is 31.7 Å². The van der Waals surface area contributed by atoms with Gasteiger partial charge in [-0.1, -0.05) is 31.5 Å². The number of nitrogens with one attached hydrogen (secondary N) is 1. The first-order valence-corrected chi connectivity index (χ1v) is 9.81. The molecule has 0 bridgehead atoms. The number of carbonyl (C=O) groups is 2. The summed E-state index contributed by atoms with van der Waals surface area (Å²) >= 11 is 0. The molecule has 7 heteroatoms. The van der Waals surface area contributed by atoms with E-state index < -0.39 is 17.6 Å². The second kappa shape index (κ2) is 7.93. The number of aliphatic carboxylic acids is 1. The van der Waals surface area contributed by atoms with E-state index in [1.165, 1.54) is 0 Å². The van der Waals surface area contributed by atoms with Crippen molar-refractivity contribution in [3.63, 3.8) is 0 Å². The molecule has 0 radical (unpaired) electrons. The number of hydrogen-bond donors (Lipinski definition) is 4. The summed E-state index contributed by atoms with van der Waals surface area (Å²) in [6.07, 6.45) is 4.43. The summed E-state index contributed by atoms with van der Waals surface area (Å²) in [5.41, 5.74) is 13.2. The van der Waals surface area contributed by atoms with Gasteiger partial charge in [-0.15, -0.1) is 0 Å². The van der Waals surface area contributed by atoms with Gasteiger partial charge in [0.25, 0.3) is 0 Å². The van der Waals surface area contributed by atoms with Gasteiger partial charge >= 0.3 is 5.97 Å². The summed E-state index contributed by atoms with van der Waals surface area (Å²) in [7, 11) is 1.97. The molecular weight excluding hydrogens is 356 g/mol. The Morgan fingerprint density at radius 1 is 1.36 bits per heavy atom. The van der Waals surface area contributed by atoms with Crippen molar-refractivity contribution >= 4 is 22.8 Å². The van der Waals surface area contributed by atoms with Crippen LogP contribution < -0.4 is 16.8 Å². The largest absolute Gasteiger partial charge is 0.480 e. The van der Waals surface area contributed by atoms with Crippen molar-refractivity contribution in [3.8, 4) is 0 Å². The van der Waals surface area contributed by atoms with Crippen molar-refractivity contribution in [3.05, 3.63) is 36.0 Å². The number of carbonyl (C=O) groups excluding carboxylic acids is 1. The minimum absolute atomic E-state index is 0.234. The van der Waals surface area contributed by atoms with Crippen molar-refractivity contribution in [2.75, 3.05) is 6.54 Å². The van der Waals surface area contributed by atoms with Crippen molar-refractivity contribution < 1.29 is 14.7 Å². The lowest BCUT2D eigenvalue weighted by Gasteiger charge is -2.40. The Kier molecular flexibility index (Phi) is 5.76. The summed E-state index contributed by atoms with van der Waals surface area (Å²) in [6.45, 7) is 2.25. The number of aromatic nitrogens is 1. The normalized spacial score (nSPS) is 26.1. The number of carboxylic acids is 1. The summed E-state index contributed by atoms with van der Waals surface area (Å²) in [6, 6.07) is 7.29. The van der Waals surface area contributed by atoms with Crippen LogP contribution in [0.25, 0.3) is 10.9 Å². The molecule has 1 amide bonds. The molecule has 2 aromatic rings. The van der Waals surface area contributed by atoms with Crippen molar-refractivity contribution in [1.29, 1.82) is 0 Å². The van der Waals surface area contributed by atoms with Gasteiger partial charge in [-0.2, -0.15) is 0 Å². The number of para-hydroxylation sites is 1. The van der Waals surface area contributed by atoms with E-state index in [1.807, 2.05) is 49.0 Å². The van der Waals surface area contributed by atoms with Gasteiger partial charge in [0.15, 0.2) is 0 Å². The van der Waals surface area contributed by atoms with Crippen molar-refractivity contribution in [1.82, 2.24) is 9.88 Å². The molecule has 4 atom stereocenters. The summed E-state index contributed by atoms with van der Waals surface area (Å²) in [4.78, 5) is 24.3. The van der Waals surface area contributed by atoms with Crippen LogP contribution in [0.4, 0.5) is 0 Å². The molecule has 1 aliphatic rings. The Morgan fingerprint density at radius 3 is 2.79 bits per heavy atom. The second-order valence-electron chi connectivity index (χ2n) is 8.27. The van der Waals surface area contributed by atoms with Crippen LogP contribution in [0.3, 0.4) is 0 Å². The first-order chi connectivity index (χ1) is 13.2. The standard InChI is InChI=1S/C21H30N4O3/c1-13-7-8-15(21(23,10-13)20(27)28)11-24-19(26)17(22)9-14-12-25(2)18-6-4-3-5-16(14)18/h3-6,12-13,15,17H,7-11,22-23H2,1-2H3,(H,24,26)(H,27,28)/t13-,15+,17-,21-/m1/s1. The number of rotatable bonds is 6. The first-order valence-electron chi connectivity index (χ1n) is 9.81. The van der Waals surface area contributed by atoms with Gasteiger partial charge in [0.05, 0.1) is 6.04 Å². The van der Waals surface area contributed by atoms with Crippen LogP contribution in [0.2, 0.25) is 0 Å². The van der Waals surface area contributed by atoms with Crippen LogP contribution in [0.5, 0.6) is 0 Å². The molecule has 1 saturated carbocycles. The molecule has 28 heavy (non-hydrogen) atoms. The molecule has 0 unspecified atom stereocenters. The molecule has 1 aromatic carbocycles. The fraction of sp³-hybridized carbons (Fsp3) is 0.524. The third-order valence-corrected chi connectivity index (χ3v) is 6.10. The zero-order valence-electron chi connectivity index (χ0n) is 16.5. The molecule has 7 nitrogen and oxygen atoms in total. The third kappa shape index (κ3) is 3.91. The number of benzene rings is 1. The SMILES string of the molecule is C[C@@H]1CC[C@@H](CNC(=O)[C@H](N)Cc2cn(C)c3ccccc23)[C@@](N)(C(=O)O)C1. The summed E-state index contributed by atoms with van der Waals surface area (Å²) in [5, 5.41) is 13.5. The van der Waals surface area contributed by atoms with Gasteiger partial charge in [0, 0.05) is 36.6 Å². The van der Waals surface area contributed by atoms with Gasteiger partial charge in [0.1, 0.15) is 5.54 Å². The Balaban J connectivity index is 1.63. The molecule has 3 rings (SSSR count). The van der Waals surface area contributed by atoms with E-state index in [1.54, 1.807) is 0 Å². The van der Waals surface area contributed by atoms with Crippen LogP contribution >= 0.6 is 0 Å². The lowest BCUT2D eigenvalue weighted by Crippen LogP contribution is -2.60. The first kappa shape index (κ1) is 20.4. The molecule has 1 aliphatic carbocycles. The van der Waals surface area contributed by atoms with Crippen LogP contribution in [-0.4, -0.2) is 39.7 Å². The fourth-order valence-electron chi connectivity index (χ4n) is 4.41. The van der Waals surface area contributed by atoms with Crippen LogP contribution in [-0.2, 0) is 23.1 Å². The Labute approximate surface area is 165 Å². The van der Waals surface area contributed by atoms with E-state index in [0.29, 0.717) is 19.3 Å². The maximum atomic E-state index is 12.5. The number of nitrogens with two attached hydrogens (primary N) is 2. The molecule has 0 aliphatic heterocycles. The van der Waals surface area contributed by atoms with E-state index in [-0.39, 0.29) is 24.3 Å². The predicted molar refractivity (Wildman–Crippen MR) is 109 cm³/mol. The quantitative estimate of drug-likeness (QED) is 0.597. The van der Waals surface area contributed by atoms with Gasteiger partial charge in [-0.05, 0) is 36.8 Å². The van der Waals surface area contributed by atoms with Gasteiger partial charge in [0.2, 0.25) is 5.91 Å². The predicted octanol–water partition coefficient (Wildman–Crippen LogP) is 1.38. The zero-order chi connectivity index (χ0) is 20.5. The Bertz CT molecular complexity index is 878. The molecule has 1 fully saturated rings. The van der Waals surface area contributed by atoms with Crippen LogP contribution in [0.15, 0.2) is 30.5 Å². The zero-order valence-corrected chi connectivity index (χ0v) is 16.5.